The summed E-state index contributed by atoms with van der Waals surface area (Å²) in [5.41, 5.74) is 7.77. The van der Waals surface area contributed by atoms with E-state index in [1.54, 1.807) is 23.0 Å². The summed E-state index contributed by atoms with van der Waals surface area (Å²) < 4.78 is 1.77. The highest BCUT2D eigenvalue weighted by Gasteiger charge is 2.16. The lowest BCUT2D eigenvalue weighted by atomic mass is 10.2. The number of fused-ring (bicyclic) bond motifs is 1. The first-order chi connectivity index (χ1) is 10.0. The number of benzene rings is 1. The summed E-state index contributed by atoms with van der Waals surface area (Å²) in [6.45, 7) is 1.86. The van der Waals surface area contributed by atoms with Crippen LogP contribution in [0, 0.1) is 0 Å². The maximum absolute atomic E-state index is 12.3. The summed E-state index contributed by atoms with van der Waals surface area (Å²) in [5.74, 6) is 0.504. The van der Waals surface area contributed by atoms with Gasteiger partial charge in [0.1, 0.15) is 12.0 Å². The smallest absolute Gasteiger partial charge is 0.268 e. The lowest BCUT2D eigenvalue weighted by Crippen LogP contribution is -2.28. The number of rotatable bonds is 3. The Morgan fingerprint density at radius 2 is 2.24 bits per heavy atom. The second-order valence-corrected chi connectivity index (χ2v) is 5.02. The molecular formula is C14H16N6O. The summed E-state index contributed by atoms with van der Waals surface area (Å²) in [5, 5.41) is 11.6. The van der Waals surface area contributed by atoms with Crippen molar-refractivity contribution in [3.8, 4) is 0 Å². The molecule has 7 nitrogen and oxygen atoms in total. The number of anilines is 1. The molecule has 7 heteroatoms. The van der Waals surface area contributed by atoms with E-state index in [-0.39, 0.29) is 11.9 Å². The van der Waals surface area contributed by atoms with Crippen molar-refractivity contribution in [2.45, 2.75) is 13.0 Å². The monoisotopic (exact) mass is 284 g/mol. The number of hydrogen-bond acceptors (Lipinski definition) is 4. The first-order valence-corrected chi connectivity index (χ1v) is 6.57. The molecule has 0 saturated carbocycles. The molecule has 0 spiro atoms. The molecule has 21 heavy (non-hydrogen) atoms. The number of carbonyl (C=O) groups is 1. The Balaban J connectivity index is 1.82. The SMILES string of the molecule is CC(NC(=O)c1cc2cc(N)ccc2[nH]1)c1nncn1C. The van der Waals surface area contributed by atoms with E-state index in [9.17, 15) is 4.79 Å². The van der Waals surface area contributed by atoms with Crippen LogP contribution in [0.2, 0.25) is 0 Å². The van der Waals surface area contributed by atoms with Crippen LogP contribution >= 0.6 is 0 Å². The molecule has 1 atom stereocenters. The molecule has 0 fully saturated rings. The van der Waals surface area contributed by atoms with E-state index >= 15 is 0 Å². The van der Waals surface area contributed by atoms with E-state index in [1.165, 1.54) is 0 Å². The van der Waals surface area contributed by atoms with Crippen molar-refractivity contribution in [1.29, 1.82) is 0 Å². The Kier molecular flexibility index (Phi) is 3.09. The number of nitrogens with zero attached hydrogens (tertiary/aromatic N) is 3. The van der Waals surface area contributed by atoms with Crippen LogP contribution in [0.4, 0.5) is 5.69 Å². The second-order valence-electron chi connectivity index (χ2n) is 5.02. The third-order valence-electron chi connectivity index (χ3n) is 3.37. The van der Waals surface area contributed by atoms with Crippen LogP contribution in [0.1, 0.15) is 29.3 Å². The van der Waals surface area contributed by atoms with Crippen molar-refractivity contribution in [2.75, 3.05) is 5.73 Å². The predicted molar refractivity (Wildman–Crippen MR) is 79.6 cm³/mol. The van der Waals surface area contributed by atoms with Gasteiger partial charge in [0.2, 0.25) is 0 Å². The van der Waals surface area contributed by atoms with Gasteiger partial charge in [-0.15, -0.1) is 10.2 Å². The highest BCUT2D eigenvalue weighted by molar-refractivity contribution is 5.98. The summed E-state index contributed by atoms with van der Waals surface area (Å²) in [4.78, 5) is 15.4. The quantitative estimate of drug-likeness (QED) is 0.632. The molecule has 0 bridgehead atoms. The largest absolute Gasteiger partial charge is 0.399 e. The fraction of sp³-hybridized carbons (Fsp3) is 0.214. The molecule has 0 saturated heterocycles. The van der Waals surface area contributed by atoms with Crippen LogP contribution in [0.25, 0.3) is 10.9 Å². The number of aromatic amines is 1. The average Bonchev–Trinajstić information content (AvgIpc) is 3.04. The van der Waals surface area contributed by atoms with E-state index < -0.39 is 0 Å². The topological polar surface area (TPSA) is 102 Å². The zero-order valence-electron chi connectivity index (χ0n) is 11.8. The van der Waals surface area contributed by atoms with Gasteiger partial charge in [0.15, 0.2) is 5.82 Å². The minimum atomic E-state index is -0.235. The summed E-state index contributed by atoms with van der Waals surface area (Å²) in [6.07, 6.45) is 1.60. The number of nitrogens with one attached hydrogen (secondary N) is 2. The van der Waals surface area contributed by atoms with E-state index in [0.717, 1.165) is 10.9 Å². The highest BCUT2D eigenvalue weighted by Crippen LogP contribution is 2.19. The summed E-state index contributed by atoms with van der Waals surface area (Å²) in [7, 11) is 1.84. The van der Waals surface area contributed by atoms with Crippen LogP contribution in [0.15, 0.2) is 30.6 Å². The molecule has 0 aliphatic heterocycles. The van der Waals surface area contributed by atoms with Crippen molar-refractivity contribution < 1.29 is 4.79 Å². The lowest BCUT2D eigenvalue weighted by Gasteiger charge is -2.11. The van der Waals surface area contributed by atoms with Crippen LogP contribution in [-0.4, -0.2) is 25.7 Å². The van der Waals surface area contributed by atoms with Gasteiger partial charge in [0.25, 0.3) is 5.91 Å². The average molecular weight is 284 g/mol. The highest BCUT2D eigenvalue weighted by atomic mass is 16.1. The zero-order valence-corrected chi connectivity index (χ0v) is 11.8. The Hall–Kier alpha value is -2.83. The molecule has 0 aliphatic carbocycles. The molecular weight excluding hydrogens is 268 g/mol. The molecule has 3 rings (SSSR count). The normalized spacial score (nSPS) is 12.5. The Bertz CT molecular complexity index is 803. The molecule has 4 N–H and O–H groups in total. The van der Waals surface area contributed by atoms with E-state index in [2.05, 4.69) is 20.5 Å². The fourth-order valence-corrected chi connectivity index (χ4v) is 2.30. The molecule has 0 radical (unpaired) electrons. The minimum absolute atomic E-state index is 0.194. The van der Waals surface area contributed by atoms with E-state index in [1.807, 2.05) is 26.1 Å². The molecule has 1 aromatic carbocycles. The third kappa shape index (κ3) is 2.45. The van der Waals surface area contributed by atoms with Crippen molar-refractivity contribution in [1.82, 2.24) is 25.1 Å². The van der Waals surface area contributed by atoms with Gasteiger partial charge in [-0.25, -0.2) is 0 Å². The number of nitrogens with two attached hydrogens (primary N) is 1. The van der Waals surface area contributed by atoms with Gasteiger partial charge in [-0.05, 0) is 31.2 Å². The molecule has 2 heterocycles. The maximum Gasteiger partial charge on any atom is 0.268 e. The predicted octanol–water partition coefficient (Wildman–Crippen LogP) is 1.37. The Morgan fingerprint density at radius 1 is 1.43 bits per heavy atom. The summed E-state index contributed by atoms with van der Waals surface area (Å²) in [6, 6.07) is 7.02. The van der Waals surface area contributed by atoms with Gasteiger partial charge in [-0.2, -0.15) is 0 Å². The number of aryl methyl sites for hydroxylation is 1. The van der Waals surface area contributed by atoms with Gasteiger partial charge in [0.05, 0.1) is 6.04 Å². The number of aromatic nitrogens is 4. The van der Waals surface area contributed by atoms with Crippen molar-refractivity contribution in [3.05, 3.63) is 42.1 Å². The standard InChI is InChI=1S/C14H16N6O/c1-8(13-19-16-7-20(13)2)17-14(21)12-6-9-5-10(15)3-4-11(9)18-12/h3-8,18H,15H2,1-2H3,(H,17,21). The lowest BCUT2D eigenvalue weighted by molar-refractivity contribution is 0.0933. The summed E-state index contributed by atoms with van der Waals surface area (Å²) >= 11 is 0. The first kappa shape index (κ1) is 13.2. The number of carbonyl (C=O) groups excluding carboxylic acids is 1. The van der Waals surface area contributed by atoms with Crippen molar-refractivity contribution in [3.63, 3.8) is 0 Å². The van der Waals surface area contributed by atoms with Crippen LogP contribution in [0.3, 0.4) is 0 Å². The van der Waals surface area contributed by atoms with Gasteiger partial charge in [-0.1, -0.05) is 0 Å². The van der Waals surface area contributed by atoms with Gasteiger partial charge >= 0.3 is 0 Å². The zero-order chi connectivity index (χ0) is 15.0. The second kappa shape index (κ2) is 4.93. The molecule has 3 aromatic rings. The number of amides is 1. The number of hydrogen-bond donors (Lipinski definition) is 3. The van der Waals surface area contributed by atoms with Gasteiger partial charge < -0.3 is 20.6 Å². The van der Waals surface area contributed by atoms with Crippen LogP contribution in [0.5, 0.6) is 0 Å². The maximum atomic E-state index is 12.3. The van der Waals surface area contributed by atoms with E-state index in [0.29, 0.717) is 17.2 Å². The van der Waals surface area contributed by atoms with Crippen LogP contribution < -0.4 is 11.1 Å². The number of nitrogen functional groups attached to an aromatic ring is 1. The molecule has 108 valence electrons. The Labute approximate surface area is 121 Å². The van der Waals surface area contributed by atoms with Crippen LogP contribution in [-0.2, 0) is 7.05 Å². The molecule has 1 unspecified atom stereocenters. The first-order valence-electron chi connectivity index (χ1n) is 6.57. The minimum Gasteiger partial charge on any atom is -0.399 e. The Morgan fingerprint density at radius 3 is 2.95 bits per heavy atom. The van der Waals surface area contributed by atoms with E-state index in [4.69, 9.17) is 5.73 Å². The van der Waals surface area contributed by atoms with Gasteiger partial charge in [0, 0.05) is 23.6 Å². The van der Waals surface area contributed by atoms with Gasteiger partial charge in [-0.3, -0.25) is 4.79 Å². The fourth-order valence-electron chi connectivity index (χ4n) is 2.30. The number of H-pyrrole nitrogens is 1. The molecule has 0 aliphatic rings. The third-order valence-corrected chi connectivity index (χ3v) is 3.37. The molecule has 2 aromatic heterocycles. The van der Waals surface area contributed by atoms with Crippen molar-refractivity contribution >= 4 is 22.5 Å². The van der Waals surface area contributed by atoms with Crippen molar-refractivity contribution in [2.24, 2.45) is 7.05 Å². The molecule has 1 amide bonds.